The molecule has 3 aromatic carbocycles. The monoisotopic (exact) mass is 744 g/mol. The van der Waals surface area contributed by atoms with E-state index < -0.39 is 11.9 Å². The summed E-state index contributed by atoms with van der Waals surface area (Å²) in [4.78, 5) is 23.9. The van der Waals surface area contributed by atoms with E-state index in [2.05, 4.69) is 51.3 Å². The maximum absolute atomic E-state index is 12.1. The second-order valence-corrected chi connectivity index (χ2v) is 13.9. The van der Waals surface area contributed by atoms with Gasteiger partial charge in [-0.15, -0.1) is 0 Å². The van der Waals surface area contributed by atoms with Crippen LogP contribution in [0.25, 0.3) is 22.3 Å². The van der Waals surface area contributed by atoms with E-state index in [1.165, 1.54) is 31.2 Å². The molecule has 292 valence electrons. The Hall–Kier alpha value is -4.80. The number of hydrogen-bond donors (Lipinski definition) is 2. The Kier molecular flexibility index (Phi) is 16.5. The van der Waals surface area contributed by atoms with E-state index in [1.54, 1.807) is 19.9 Å². The van der Waals surface area contributed by atoms with Gasteiger partial charge in [0.15, 0.2) is 23.0 Å². The zero-order chi connectivity index (χ0) is 39.0. The fourth-order valence-electron chi connectivity index (χ4n) is 6.36. The lowest BCUT2D eigenvalue weighted by molar-refractivity contribution is -0.140. The summed E-state index contributed by atoms with van der Waals surface area (Å²) in [6, 6.07) is 16.2. The summed E-state index contributed by atoms with van der Waals surface area (Å²) in [5, 5.41) is 19.0. The molecule has 1 saturated carbocycles. The zero-order valence-corrected chi connectivity index (χ0v) is 32.2. The summed E-state index contributed by atoms with van der Waals surface area (Å²) in [5.41, 5.74) is 6.48. The van der Waals surface area contributed by atoms with E-state index in [9.17, 15) is 19.8 Å². The summed E-state index contributed by atoms with van der Waals surface area (Å²) in [6.45, 7) is 15.2. The molecular weight excluding hydrogens is 688 g/mol. The minimum atomic E-state index is -0.502. The predicted molar refractivity (Wildman–Crippen MR) is 209 cm³/mol. The highest BCUT2D eigenvalue weighted by Gasteiger charge is 2.23. The van der Waals surface area contributed by atoms with E-state index in [0.29, 0.717) is 65.1 Å². The van der Waals surface area contributed by atoms with Crippen molar-refractivity contribution in [3.63, 3.8) is 0 Å². The third-order valence-corrected chi connectivity index (χ3v) is 9.35. The molecule has 0 atom stereocenters. The van der Waals surface area contributed by atoms with Gasteiger partial charge in [-0.2, -0.15) is 0 Å². The SMILES string of the molecule is C=C(C)C(=O)OCCOc1ccc(-c2cc(-c3ccc(C4CCC(C)CC4)cc3C)cc(OCCOC(=O)C(=C)C)c2OCCCCO)cc1OCCO. The summed E-state index contributed by atoms with van der Waals surface area (Å²) in [6.07, 6.45) is 6.06. The van der Waals surface area contributed by atoms with Crippen LogP contribution >= 0.6 is 0 Å². The number of aryl methyl sites for hydroxylation is 1. The van der Waals surface area contributed by atoms with Crippen LogP contribution in [0, 0.1) is 12.8 Å². The molecule has 10 heteroatoms. The van der Waals surface area contributed by atoms with Gasteiger partial charge in [0.25, 0.3) is 0 Å². The molecule has 2 N–H and O–H groups in total. The van der Waals surface area contributed by atoms with Crippen LogP contribution in [0.3, 0.4) is 0 Å². The van der Waals surface area contributed by atoms with Gasteiger partial charge in [0.05, 0.1) is 13.2 Å². The van der Waals surface area contributed by atoms with Crippen LogP contribution < -0.4 is 18.9 Å². The van der Waals surface area contributed by atoms with Gasteiger partial charge in [-0.1, -0.05) is 57.2 Å². The third-order valence-electron chi connectivity index (χ3n) is 9.35. The van der Waals surface area contributed by atoms with Crippen molar-refractivity contribution in [2.75, 3.05) is 52.9 Å². The number of hydrogen-bond acceptors (Lipinski definition) is 10. The van der Waals surface area contributed by atoms with Gasteiger partial charge in [-0.3, -0.25) is 0 Å². The van der Waals surface area contributed by atoms with Crippen LogP contribution in [0.4, 0.5) is 0 Å². The molecule has 0 radical (unpaired) electrons. The molecule has 1 fully saturated rings. The molecule has 0 spiro atoms. The Morgan fingerprint density at radius 1 is 0.648 bits per heavy atom. The molecule has 0 aromatic heterocycles. The highest BCUT2D eigenvalue weighted by molar-refractivity contribution is 5.87. The first-order valence-corrected chi connectivity index (χ1v) is 18.8. The average Bonchev–Trinajstić information content (AvgIpc) is 3.16. The highest BCUT2D eigenvalue weighted by atomic mass is 16.6. The standard InChI is InChI=1S/C44H56O10/c1-29(2)43(47)53-23-21-50-39-16-14-35(27-40(39)49-20-18-46)38-26-36(37-15-13-34(25-32(37)6)33-11-9-31(5)10-12-33)28-41(42(38)52-19-8-7-17-45)51-22-24-54-44(48)30(3)4/h13-16,25-28,31,33,45-46H,1,3,7-12,17-24H2,2,4-6H3. The molecule has 0 saturated heterocycles. The second-order valence-electron chi connectivity index (χ2n) is 13.9. The molecule has 4 rings (SSSR count). The molecule has 0 heterocycles. The van der Waals surface area contributed by atoms with Crippen LogP contribution in [-0.2, 0) is 19.1 Å². The van der Waals surface area contributed by atoms with Gasteiger partial charge < -0.3 is 38.6 Å². The maximum atomic E-state index is 12.1. The Bertz CT molecular complexity index is 1740. The van der Waals surface area contributed by atoms with Crippen LogP contribution in [-0.4, -0.2) is 75.0 Å². The molecule has 3 aromatic rings. The van der Waals surface area contributed by atoms with E-state index in [1.807, 2.05) is 18.2 Å². The minimum absolute atomic E-state index is 0.00972. The van der Waals surface area contributed by atoms with Gasteiger partial charge in [0, 0.05) is 23.3 Å². The second kappa shape index (κ2) is 21.2. The molecular formula is C44H56O10. The molecule has 0 unspecified atom stereocenters. The Morgan fingerprint density at radius 3 is 1.89 bits per heavy atom. The van der Waals surface area contributed by atoms with Crippen LogP contribution in [0.2, 0.25) is 0 Å². The fourth-order valence-corrected chi connectivity index (χ4v) is 6.36. The Labute approximate surface area is 319 Å². The molecule has 1 aliphatic carbocycles. The van der Waals surface area contributed by atoms with E-state index in [4.69, 9.17) is 28.4 Å². The van der Waals surface area contributed by atoms with Crippen LogP contribution in [0.15, 0.2) is 72.8 Å². The van der Waals surface area contributed by atoms with Crippen molar-refractivity contribution in [3.05, 3.63) is 84.0 Å². The first kappa shape index (κ1) is 41.9. The first-order valence-electron chi connectivity index (χ1n) is 18.8. The van der Waals surface area contributed by atoms with Gasteiger partial charge in [0.1, 0.15) is 33.0 Å². The van der Waals surface area contributed by atoms with E-state index in [-0.39, 0.29) is 46.2 Å². The molecule has 0 aliphatic heterocycles. The van der Waals surface area contributed by atoms with Crippen molar-refractivity contribution < 1.29 is 48.2 Å². The lowest BCUT2D eigenvalue weighted by Gasteiger charge is -2.27. The first-order chi connectivity index (χ1) is 26.0. The van der Waals surface area contributed by atoms with Gasteiger partial charge >= 0.3 is 11.9 Å². The normalized spacial score (nSPS) is 15.2. The molecule has 0 bridgehead atoms. The summed E-state index contributed by atoms with van der Waals surface area (Å²) >= 11 is 0. The lowest BCUT2D eigenvalue weighted by Crippen LogP contribution is -2.13. The molecule has 0 amide bonds. The maximum Gasteiger partial charge on any atom is 0.333 e. The van der Waals surface area contributed by atoms with Crippen molar-refractivity contribution in [1.82, 2.24) is 0 Å². The smallest absolute Gasteiger partial charge is 0.333 e. The number of unbranched alkanes of at least 4 members (excludes halogenated alkanes) is 1. The largest absolute Gasteiger partial charge is 0.489 e. The van der Waals surface area contributed by atoms with E-state index in [0.717, 1.165) is 28.2 Å². The minimum Gasteiger partial charge on any atom is -0.489 e. The molecule has 1 aliphatic rings. The number of carbonyl (C=O) groups is 2. The lowest BCUT2D eigenvalue weighted by atomic mass is 9.79. The number of rotatable bonds is 21. The highest BCUT2D eigenvalue weighted by Crippen LogP contribution is 2.45. The van der Waals surface area contributed by atoms with Gasteiger partial charge in [0.2, 0.25) is 0 Å². The Morgan fingerprint density at radius 2 is 1.28 bits per heavy atom. The predicted octanol–water partition coefficient (Wildman–Crippen LogP) is 8.14. The van der Waals surface area contributed by atoms with Crippen molar-refractivity contribution in [1.29, 1.82) is 0 Å². The number of esters is 2. The molecule has 10 nitrogen and oxygen atoms in total. The number of carbonyl (C=O) groups excluding carboxylic acids is 2. The quantitative estimate of drug-likeness (QED) is 0.0627. The van der Waals surface area contributed by atoms with Gasteiger partial charge in [-0.25, -0.2) is 9.59 Å². The van der Waals surface area contributed by atoms with Crippen molar-refractivity contribution in [3.8, 4) is 45.3 Å². The third kappa shape index (κ3) is 12.1. The summed E-state index contributed by atoms with van der Waals surface area (Å²) in [7, 11) is 0. The van der Waals surface area contributed by atoms with Crippen molar-refractivity contribution >= 4 is 11.9 Å². The number of benzene rings is 3. The number of aliphatic hydroxyl groups excluding tert-OH is 2. The number of ether oxygens (including phenoxy) is 6. The van der Waals surface area contributed by atoms with Crippen LogP contribution in [0.1, 0.15) is 76.3 Å². The van der Waals surface area contributed by atoms with Crippen LogP contribution in [0.5, 0.6) is 23.0 Å². The molecule has 54 heavy (non-hydrogen) atoms. The summed E-state index contributed by atoms with van der Waals surface area (Å²) < 4.78 is 35.1. The van der Waals surface area contributed by atoms with Crippen molar-refractivity contribution in [2.45, 2.75) is 72.1 Å². The fraction of sp³-hybridized carbons (Fsp3) is 0.455. The Balaban J connectivity index is 1.77. The average molecular weight is 745 g/mol. The van der Waals surface area contributed by atoms with Crippen molar-refractivity contribution in [2.24, 2.45) is 5.92 Å². The topological polar surface area (TPSA) is 130 Å². The van der Waals surface area contributed by atoms with Gasteiger partial charge in [-0.05, 0) is 110 Å². The summed E-state index contributed by atoms with van der Waals surface area (Å²) in [5.74, 6) is 2.04. The zero-order valence-electron chi connectivity index (χ0n) is 32.2. The number of aliphatic hydroxyl groups is 2. The van der Waals surface area contributed by atoms with E-state index >= 15 is 0 Å².